The van der Waals surface area contributed by atoms with Crippen LogP contribution in [0.5, 0.6) is 0 Å². The Morgan fingerprint density at radius 2 is 2.25 bits per heavy atom. The third kappa shape index (κ3) is 2.99. The molecule has 1 aliphatic rings. The van der Waals surface area contributed by atoms with Crippen molar-refractivity contribution >= 4 is 5.96 Å². The minimum absolute atomic E-state index is 0.535. The summed E-state index contributed by atoms with van der Waals surface area (Å²) in [5.41, 5.74) is 9.29. The van der Waals surface area contributed by atoms with Gasteiger partial charge in [0.25, 0.3) is 0 Å². The second-order valence-electron chi connectivity index (χ2n) is 5.18. The molecule has 1 fully saturated rings. The van der Waals surface area contributed by atoms with Crippen LogP contribution in [0.15, 0.2) is 41.7 Å². The van der Waals surface area contributed by atoms with Crippen LogP contribution < -0.4 is 11.1 Å². The number of nitrogens with two attached hydrogens (primary N) is 1. The van der Waals surface area contributed by atoms with Gasteiger partial charge in [-0.15, -0.1) is 0 Å². The number of nitrogens with one attached hydrogen (secondary N) is 1. The van der Waals surface area contributed by atoms with Crippen molar-refractivity contribution in [3.63, 3.8) is 0 Å². The fourth-order valence-electron chi connectivity index (χ4n) is 2.15. The van der Waals surface area contributed by atoms with Crippen LogP contribution in [0.3, 0.4) is 0 Å². The van der Waals surface area contributed by atoms with Gasteiger partial charge in [0.1, 0.15) is 0 Å². The summed E-state index contributed by atoms with van der Waals surface area (Å²) in [5, 5.41) is 7.42. The summed E-state index contributed by atoms with van der Waals surface area (Å²) in [6.45, 7) is 0.580. The summed E-state index contributed by atoms with van der Waals surface area (Å²) in [6.07, 6.45) is 6.27. The van der Waals surface area contributed by atoms with Gasteiger partial charge in [-0.3, -0.25) is 4.68 Å². The zero-order valence-corrected chi connectivity index (χ0v) is 11.6. The minimum Gasteiger partial charge on any atom is -0.370 e. The Kier molecular flexibility index (Phi) is 3.41. The van der Waals surface area contributed by atoms with Crippen molar-refractivity contribution in [2.45, 2.75) is 25.4 Å². The van der Waals surface area contributed by atoms with Crippen molar-refractivity contribution < 1.29 is 0 Å². The molecule has 104 valence electrons. The minimum atomic E-state index is 0.535. The molecule has 0 unspecified atom stereocenters. The Hall–Kier alpha value is -2.30. The molecule has 20 heavy (non-hydrogen) atoms. The second kappa shape index (κ2) is 5.36. The maximum Gasteiger partial charge on any atom is 0.189 e. The fraction of sp³-hybridized carbons (Fsp3) is 0.333. The quantitative estimate of drug-likeness (QED) is 0.655. The number of guanidine groups is 1. The fourth-order valence-corrected chi connectivity index (χ4v) is 2.15. The van der Waals surface area contributed by atoms with Crippen molar-refractivity contribution in [3.05, 3.63) is 42.2 Å². The molecule has 0 bridgehead atoms. The highest BCUT2D eigenvalue weighted by atomic mass is 15.2. The molecular weight excluding hydrogens is 250 g/mol. The SMILES string of the molecule is Cn1cc(-c2ccccc2CN=C(N)NC2CC2)cn1. The topological polar surface area (TPSA) is 68.2 Å². The van der Waals surface area contributed by atoms with E-state index in [-0.39, 0.29) is 0 Å². The van der Waals surface area contributed by atoms with Crippen molar-refractivity contribution in [1.29, 1.82) is 0 Å². The molecule has 0 amide bonds. The van der Waals surface area contributed by atoms with E-state index < -0.39 is 0 Å². The van der Waals surface area contributed by atoms with E-state index >= 15 is 0 Å². The molecule has 0 radical (unpaired) electrons. The molecule has 1 aliphatic carbocycles. The van der Waals surface area contributed by atoms with Crippen LogP contribution in [-0.4, -0.2) is 21.8 Å². The zero-order valence-electron chi connectivity index (χ0n) is 11.6. The van der Waals surface area contributed by atoms with E-state index in [9.17, 15) is 0 Å². The largest absolute Gasteiger partial charge is 0.370 e. The summed E-state index contributed by atoms with van der Waals surface area (Å²) >= 11 is 0. The van der Waals surface area contributed by atoms with E-state index in [1.54, 1.807) is 4.68 Å². The Morgan fingerprint density at radius 1 is 1.45 bits per heavy atom. The Morgan fingerprint density at radius 3 is 2.95 bits per heavy atom. The molecule has 2 aromatic rings. The average molecular weight is 269 g/mol. The predicted octanol–water partition coefficient (Wildman–Crippen LogP) is 1.65. The van der Waals surface area contributed by atoms with Crippen LogP contribution in [0.4, 0.5) is 0 Å². The van der Waals surface area contributed by atoms with Gasteiger partial charge in [0.05, 0.1) is 12.7 Å². The number of aryl methyl sites for hydroxylation is 1. The van der Waals surface area contributed by atoms with Crippen molar-refractivity contribution in [3.8, 4) is 11.1 Å². The number of hydrogen-bond acceptors (Lipinski definition) is 2. The zero-order chi connectivity index (χ0) is 13.9. The third-order valence-corrected chi connectivity index (χ3v) is 3.38. The summed E-state index contributed by atoms with van der Waals surface area (Å²) in [6, 6.07) is 8.76. The molecule has 0 aliphatic heterocycles. The highest BCUT2D eigenvalue weighted by molar-refractivity contribution is 5.78. The molecule has 0 saturated heterocycles. The van der Waals surface area contributed by atoms with Crippen LogP contribution in [0.25, 0.3) is 11.1 Å². The van der Waals surface area contributed by atoms with Gasteiger partial charge in [-0.2, -0.15) is 5.10 Å². The third-order valence-electron chi connectivity index (χ3n) is 3.38. The van der Waals surface area contributed by atoms with E-state index in [1.165, 1.54) is 12.8 Å². The number of nitrogens with zero attached hydrogens (tertiary/aromatic N) is 3. The van der Waals surface area contributed by atoms with Gasteiger partial charge in [-0.1, -0.05) is 24.3 Å². The van der Waals surface area contributed by atoms with Crippen molar-refractivity contribution in [2.75, 3.05) is 0 Å². The lowest BCUT2D eigenvalue weighted by atomic mass is 10.0. The van der Waals surface area contributed by atoms with Crippen LogP contribution in [0.2, 0.25) is 0 Å². The van der Waals surface area contributed by atoms with Gasteiger partial charge in [0, 0.05) is 24.8 Å². The first-order valence-corrected chi connectivity index (χ1v) is 6.86. The summed E-state index contributed by atoms with van der Waals surface area (Å²) in [7, 11) is 1.92. The normalized spacial score (nSPS) is 15.3. The molecule has 3 N–H and O–H groups in total. The molecule has 1 heterocycles. The molecule has 1 aromatic heterocycles. The number of hydrogen-bond donors (Lipinski definition) is 2. The molecule has 0 atom stereocenters. The molecule has 3 rings (SSSR count). The maximum atomic E-state index is 5.88. The lowest BCUT2D eigenvalue weighted by Gasteiger charge is -2.07. The molecular formula is C15H19N5. The molecule has 5 nitrogen and oxygen atoms in total. The van der Waals surface area contributed by atoms with Crippen LogP contribution >= 0.6 is 0 Å². The first-order valence-electron chi connectivity index (χ1n) is 6.86. The van der Waals surface area contributed by atoms with Gasteiger partial charge < -0.3 is 11.1 Å². The molecule has 0 spiro atoms. The molecule has 1 aromatic carbocycles. The van der Waals surface area contributed by atoms with Gasteiger partial charge >= 0.3 is 0 Å². The average Bonchev–Trinajstić information content (AvgIpc) is 3.15. The summed E-state index contributed by atoms with van der Waals surface area (Å²) < 4.78 is 1.80. The molecule has 5 heteroatoms. The number of benzene rings is 1. The second-order valence-corrected chi connectivity index (χ2v) is 5.18. The van der Waals surface area contributed by atoms with Gasteiger partial charge in [0.15, 0.2) is 5.96 Å². The summed E-state index contributed by atoms with van der Waals surface area (Å²) in [4.78, 5) is 4.42. The van der Waals surface area contributed by atoms with Crippen LogP contribution in [0, 0.1) is 0 Å². The predicted molar refractivity (Wildman–Crippen MR) is 80.1 cm³/mol. The Bertz CT molecular complexity index is 625. The lowest BCUT2D eigenvalue weighted by molar-refractivity contribution is 0.768. The maximum absolute atomic E-state index is 5.88. The monoisotopic (exact) mass is 269 g/mol. The van der Waals surface area contributed by atoms with E-state index in [2.05, 4.69) is 27.5 Å². The van der Waals surface area contributed by atoms with E-state index in [1.807, 2.05) is 31.6 Å². The van der Waals surface area contributed by atoms with Crippen molar-refractivity contribution in [2.24, 2.45) is 17.8 Å². The van der Waals surface area contributed by atoms with Crippen LogP contribution in [-0.2, 0) is 13.6 Å². The van der Waals surface area contributed by atoms with E-state index in [0.29, 0.717) is 18.5 Å². The first kappa shape index (κ1) is 12.7. The highest BCUT2D eigenvalue weighted by Crippen LogP contribution is 2.23. The van der Waals surface area contributed by atoms with Gasteiger partial charge in [-0.25, -0.2) is 4.99 Å². The van der Waals surface area contributed by atoms with Crippen LogP contribution in [0.1, 0.15) is 18.4 Å². The standard InChI is InChI=1S/C15H19N5/c1-20-10-12(9-18-20)14-5-3-2-4-11(14)8-17-15(16)19-13-6-7-13/h2-5,9-10,13H,6-8H2,1H3,(H3,16,17,19). The number of rotatable bonds is 4. The summed E-state index contributed by atoms with van der Waals surface area (Å²) in [5.74, 6) is 0.536. The van der Waals surface area contributed by atoms with E-state index in [4.69, 9.17) is 5.73 Å². The van der Waals surface area contributed by atoms with Crippen molar-refractivity contribution in [1.82, 2.24) is 15.1 Å². The smallest absolute Gasteiger partial charge is 0.189 e. The number of aliphatic imine (C=N–C) groups is 1. The molecule has 1 saturated carbocycles. The Labute approximate surface area is 118 Å². The first-order chi connectivity index (χ1) is 9.72. The number of aromatic nitrogens is 2. The highest BCUT2D eigenvalue weighted by Gasteiger charge is 2.21. The Balaban J connectivity index is 1.78. The van der Waals surface area contributed by atoms with Gasteiger partial charge in [-0.05, 0) is 24.0 Å². The van der Waals surface area contributed by atoms with Gasteiger partial charge in [0.2, 0.25) is 0 Å². The lowest BCUT2D eigenvalue weighted by Crippen LogP contribution is -2.33. The van der Waals surface area contributed by atoms with E-state index in [0.717, 1.165) is 16.7 Å².